The second kappa shape index (κ2) is 5.89. The molecule has 3 heteroatoms. The number of ketones is 1. The van der Waals surface area contributed by atoms with E-state index in [1.807, 2.05) is 31.2 Å². The zero-order chi connectivity index (χ0) is 13.8. The van der Waals surface area contributed by atoms with Crippen molar-refractivity contribution >= 4 is 17.4 Å². The molecule has 0 heterocycles. The number of hydrogen-bond donors (Lipinski definition) is 0. The number of benzene rings is 2. The quantitative estimate of drug-likeness (QED) is 0.777. The Bertz CT molecular complexity index is 558. The number of carbonyl (C=O) groups is 1. The van der Waals surface area contributed by atoms with Gasteiger partial charge < -0.3 is 4.74 Å². The zero-order valence-electron chi connectivity index (χ0n) is 10.9. The lowest BCUT2D eigenvalue weighted by Gasteiger charge is -2.14. The van der Waals surface area contributed by atoms with Gasteiger partial charge in [0.15, 0.2) is 6.10 Å². The SMILES string of the molecule is Cc1ccc(O[C@@H](C)C(=O)c2ccc(Cl)cc2)cc1. The summed E-state index contributed by atoms with van der Waals surface area (Å²) < 4.78 is 5.63. The maximum atomic E-state index is 12.2. The number of hydrogen-bond acceptors (Lipinski definition) is 2. The Balaban J connectivity index is 2.07. The first-order chi connectivity index (χ1) is 9.06. The van der Waals surface area contributed by atoms with Gasteiger partial charge in [0.05, 0.1) is 0 Å². The third-order valence-corrected chi connectivity index (χ3v) is 3.08. The van der Waals surface area contributed by atoms with Crippen molar-refractivity contribution in [1.82, 2.24) is 0 Å². The van der Waals surface area contributed by atoms with Gasteiger partial charge in [0.25, 0.3) is 0 Å². The maximum Gasteiger partial charge on any atom is 0.202 e. The van der Waals surface area contributed by atoms with Crippen LogP contribution < -0.4 is 4.74 Å². The number of ether oxygens (including phenoxy) is 1. The van der Waals surface area contributed by atoms with Crippen molar-refractivity contribution in [2.24, 2.45) is 0 Å². The van der Waals surface area contributed by atoms with Crippen molar-refractivity contribution in [2.75, 3.05) is 0 Å². The monoisotopic (exact) mass is 274 g/mol. The summed E-state index contributed by atoms with van der Waals surface area (Å²) in [6, 6.07) is 14.5. The van der Waals surface area contributed by atoms with Crippen LogP contribution in [0, 0.1) is 6.92 Å². The van der Waals surface area contributed by atoms with Crippen molar-refractivity contribution in [3.63, 3.8) is 0 Å². The van der Waals surface area contributed by atoms with Gasteiger partial charge in [-0.15, -0.1) is 0 Å². The molecule has 0 saturated carbocycles. The fourth-order valence-electron chi connectivity index (χ4n) is 1.72. The van der Waals surface area contributed by atoms with Crippen LogP contribution in [0.5, 0.6) is 5.75 Å². The van der Waals surface area contributed by atoms with Crippen molar-refractivity contribution in [3.8, 4) is 5.75 Å². The van der Waals surface area contributed by atoms with Gasteiger partial charge in [-0.3, -0.25) is 4.79 Å². The Hall–Kier alpha value is -1.80. The number of carbonyl (C=O) groups excluding carboxylic acids is 1. The van der Waals surface area contributed by atoms with Gasteiger partial charge in [-0.1, -0.05) is 29.3 Å². The highest BCUT2D eigenvalue weighted by Gasteiger charge is 2.16. The molecule has 0 aliphatic rings. The van der Waals surface area contributed by atoms with Gasteiger partial charge in [-0.05, 0) is 50.2 Å². The number of halogens is 1. The van der Waals surface area contributed by atoms with Gasteiger partial charge in [-0.25, -0.2) is 0 Å². The second-order valence-electron chi connectivity index (χ2n) is 4.44. The summed E-state index contributed by atoms with van der Waals surface area (Å²) in [5.41, 5.74) is 1.76. The van der Waals surface area contributed by atoms with Crippen molar-refractivity contribution < 1.29 is 9.53 Å². The van der Waals surface area contributed by atoms with E-state index in [2.05, 4.69) is 0 Å². The van der Waals surface area contributed by atoms with Crippen LogP contribution in [-0.4, -0.2) is 11.9 Å². The van der Waals surface area contributed by atoms with Crippen LogP contribution in [0.1, 0.15) is 22.8 Å². The molecule has 0 aliphatic carbocycles. The highest BCUT2D eigenvalue weighted by molar-refractivity contribution is 6.30. The predicted molar refractivity (Wildman–Crippen MR) is 77.1 cm³/mol. The van der Waals surface area contributed by atoms with Crippen molar-refractivity contribution in [1.29, 1.82) is 0 Å². The first kappa shape index (κ1) is 13.6. The van der Waals surface area contributed by atoms with Crippen LogP contribution in [0.4, 0.5) is 0 Å². The zero-order valence-corrected chi connectivity index (χ0v) is 11.6. The van der Waals surface area contributed by atoms with E-state index in [-0.39, 0.29) is 5.78 Å². The molecule has 0 saturated heterocycles. The van der Waals surface area contributed by atoms with E-state index in [1.165, 1.54) is 0 Å². The Morgan fingerprint density at radius 3 is 2.21 bits per heavy atom. The van der Waals surface area contributed by atoms with E-state index in [1.54, 1.807) is 31.2 Å². The highest BCUT2D eigenvalue weighted by atomic mass is 35.5. The van der Waals surface area contributed by atoms with E-state index in [4.69, 9.17) is 16.3 Å². The molecule has 19 heavy (non-hydrogen) atoms. The summed E-state index contributed by atoms with van der Waals surface area (Å²) in [6.45, 7) is 3.75. The molecule has 2 aromatic carbocycles. The molecule has 0 spiro atoms. The van der Waals surface area contributed by atoms with E-state index in [0.29, 0.717) is 16.3 Å². The summed E-state index contributed by atoms with van der Waals surface area (Å²) in [5, 5.41) is 0.614. The molecule has 2 nitrogen and oxygen atoms in total. The largest absolute Gasteiger partial charge is 0.483 e. The maximum absolute atomic E-state index is 12.2. The van der Waals surface area contributed by atoms with Crippen molar-refractivity contribution in [3.05, 3.63) is 64.7 Å². The van der Waals surface area contributed by atoms with Crippen LogP contribution in [-0.2, 0) is 0 Å². The molecule has 0 N–H and O–H groups in total. The van der Waals surface area contributed by atoms with Crippen LogP contribution in [0.3, 0.4) is 0 Å². The normalized spacial score (nSPS) is 11.9. The van der Waals surface area contributed by atoms with Crippen LogP contribution >= 0.6 is 11.6 Å². The lowest BCUT2D eigenvalue weighted by atomic mass is 10.1. The fourth-order valence-corrected chi connectivity index (χ4v) is 1.85. The standard InChI is InChI=1S/C16H15ClO2/c1-11-3-9-15(10-4-11)19-12(2)16(18)13-5-7-14(17)8-6-13/h3-10,12H,1-2H3/t12-/m0/s1. The van der Waals surface area contributed by atoms with Crippen LogP contribution in [0.2, 0.25) is 5.02 Å². The predicted octanol–water partition coefficient (Wildman–Crippen LogP) is 4.30. The van der Waals surface area contributed by atoms with E-state index >= 15 is 0 Å². The van der Waals surface area contributed by atoms with Gasteiger partial charge >= 0.3 is 0 Å². The summed E-state index contributed by atoms with van der Waals surface area (Å²) in [6.07, 6.45) is -0.524. The first-order valence-electron chi connectivity index (χ1n) is 6.09. The summed E-state index contributed by atoms with van der Waals surface area (Å²) >= 11 is 5.80. The second-order valence-corrected chi connectivity index (χ2v) is 4.88. The molecule has 0 aromatic heterocycles. The molecular formula is C16H15ClO2. The first-order valence-corrected chi connectivity index (χ1v) is 6.47. The average molecular weight is 275 g/mol. The Morgan fingerprint density at radius 2 is 1.63 bits per heavy atom. The molecule has 0 bridgehead atoms. The molecule has 0 fully saturated rings. The number of rotatable bonds is 4. The lowest BCUT2D eigenvalue weighted by Crippen LogP contribution is -2.23. The minimum Gasteiger partial charge on any atom is -0.483 e. The minimum absolute atomic E-state index is 0.0581. The molecule has 2 aromatic rings. The van der Waals surface area contributed by atoms with Gasteiger partial charge in [0, 0.05) is 10.6 Å². The molecule has 2 rings (SSSR count). The van der Waals surface area contributed by atoms with Gasteiger partial charge in [0.1, 0.15) is 5.75 Å². The van der Waals surface area contributed by atoms with E-state index in [9.17, 15) is 4.79 Å². The molecule has 98 valence electrons. The number of aryl methyl sites for hydroxylation is 1. The average Bonchev–Trinajstić information content (AvgIpc) is 2.41. The molecule has 1 atom stereocenters. The molecular weight excluding hydrogens is 260 g/mol. The lowest BCUT2D eigenvalue weighted by molar-refractivity contribution is 0.0818. The van der Waals surface area contributed by atoms with Gasteiger partial charge in [-0.2, -0.15) is 0 Å². The Kier molecular flexibility index (Phi) is 4.23. The minimum atomic E-state index is -0.524. The Morgan fingerprint density at radius 1 is 1.05 bits per heavy atom. The van der Waals surface area contributed by atoms with E-state index < -0.39 is 6.10 Å². The fraction of sp³-hybridized carbons (Fsp3) is 0.188. The molecule has 0 radical (unpaired) electrons. The van der Waals surface area contributed by atoms with E-state index in [0.717, 1.165) is 5.56 Å². The molecule has 0 amide bonds. The highest BCUT2D eigenvalue weighted by Crippen LogP contribution is 2.16. The van der Waals surface area contributed by atoms with Crippen LogP contribution in [0.15, 0.2) is 48.5 Å². The van der Waals surface area contributed by atoms with Gasteiger partial charge in [0.2, 0.25) is 5.78 Å². The molecule has 0 unspecified atom stereocenters. The topological polar surface area (TPSA) is 26.3 Å². The number of Topliss-reactive ketones (excluding diaryl/α,β-unsaturated/α-hetero) is 1. The summed E-state index contributed by atoms with van der Waals surface area (Å²) in [4.78, 5) is 12.2. The third-order valence-electron chi connectivity index (χ3n) is 2.83. The summed E-state index contributed by atoms with van der Waals surface area (Å²) in [7, 11) is 0. The summed E-state index contributed by atoms with van der Waals surface area (Å²) in [5.74, 6) is 0.637. The Labute approximate surface area is 118 Å². The van der Waals surface area contributed by atoms with Crippen LogP contribution in [0.25, 0.3) is 0 Å². The third kappa shape index (κ3) is 3.58. The molecule has 0 aliphatic heterocycles. The van der Waals surface area contributed by atoms with Crippen molar-refractivity contribution in [2.45, 2.75) is 20.0 Å². The smallest absolute Gasteiger partial charge is 0.202 e.